The highest BCUT2D eigenvalue weighted by molar-refractivity contribution is 6.36. The number of piperidine rings is 1. The first kappa shape index (κ1) is 31.0. The minimum Gasteiger partial charge on any atom is -0.468 e. The summed E-state index contributed by atoms with van der Waals surface area (Å²) in [4.78, 5) is 7.19. The van der Waals surface area contributed by atoms with E-state index in [0.717, 1.165) is 35.8 Å². The summed E-state index contributed by atoms with van der Waals surface area (Å²) in [6.45, 7) is 17.1. The lowest BCUT2D eigenvalue weighted by atomic mass is 9.91. The van der Waals surface area contributed by atoms with Gasteiger partial charge in [0.25, 0.3) is 6.02 Å². The average molecular weight is 528 g/mol. The fourth-order valence-corrected chi connectivity index (χ4v) is 5.24. The van der Waals surface area contributed by atoms with Crippen LogP contribution >= 0.6 is 11.6 Å². The molecule has 0 spiro atoms. The van der Waals surface area contributed by atoms with E-state index in [1.807, 2.05) is 26.0 Å². The molecule has 1 fully saturated rings. The Morgan fingerprint density at radius 1 is 1.08 bits per heavy atom. The minimum atomic E-state index is 0.120. The fourth-order valence-electron chi connectivity index (χ4n) is 4.96. The number of amidine groups is 1. The molecule has 4 rings (SSSR count). The Kier molecular flexibility index (Phi) is 13.3. The number of rotatable bonds is 7. The number of nitrogens with zero attached hydrogens (tertiary/aromatic N) is 2. The van der Waals surface area contributed by atoms with Gasteiger partial charge in [0.1, 0.15) is 0 Å². The van der Waals surface area contributed by atoms with Crippen molar-refractivity contribution in [2.75, 3.05) is 25.1 Å². The second-order valence-electron chi connectivity index (χ2n) is 10.2. The highest BCUT2D eigenvalue weighted by atomic mass is 35.5. The van der Waals surface area contributed by atoms with Crippen molar-refractivity contribution in [1.29, 1.82) is 0 Å². The standard InChI is InChI=1S/C21H24ClN3O.C9H20.C2H6/c1-13(2)20-15-10-11-25(12-17(15)23-21(24-20)26-3)18-9-5-7-14-6-4-8-16(22)19(14)18;1-4-6-7-8-9(3)5-2;1-2/h4-9,13,17H,10-12H2,1-3H3,(H,23,24);9H,4-8H2,1-3H3;1-2H3. The maximum atomic E-state index is 6.54. The molecule has 0 amide bonds. The van der Waals surface area contributed by atoms with Crippen LogP contribution in [0.2, 0.25) is 5.02 Å². The van der Waals surface area contributed by atoms with Crippen LogP contribution in [0.4, 0.5) is 5.69 Å². The van der Waals surface area contributed by atoms with Gasteiger partial charge in [0.15, 0.2) is 0 Å². The smallest absolute Gasteiger partial charge is 0.289 e. The van der Waals surface area contributed by atoms with Crippen molar-refractivity contribution in [2.45, 2.75) is 93.0 Å². The Labute approximate surface area is 231 Å². The Morgan fingerprint density at radius 3 is 2.41 bits per heavy atom. The van der Waals surface area contributed by atoms with E-state index < -0.39 is 0 Å². The molecule has 37 heavy (non-hydrogen) atoms. The molecular formula is C32H50ClN3O. The summed E-state index contributed by atoms with van der Waals surface area (Å²) in [6.07, 6.45) is 7.99. The number of hydrogen-bond acceptors (Lipinski definition) is 4. The van der Waals surface area contributed by atoms with Crippen molar-refractivity contribution < 1.29 is 4.74 Å². The molecule has 4 nitrogen and oxygen atoms in total. The number of methoxy groups -OCH3 is 1. The van der Waals surface area contributed by atoms with Crippen molar-refractivity contribution >= 4 is 34.1 Å². The van der Waals surface area contributed by atoms with Crippen LogP contribution in [-0.2, 0) is 4.74 Å². The minimum absolute atomic E-state index is 0.120. The third kappa shape index (κ3) is 8.40. The van der Waals surface area contributed by atoms with Gasteiger partial charge in [-0.15, -0.1) is 0 Å². The number of hydrogen-bond donors (Lipinski definition) is 1. The van der Waals surface area contributed by atoms with Crippen LogP contribution < -0.4 is 10.2 Å². The molecule has 2 aromatic rings. The molecule has 2 heterocycles. The Morgan fingerprint density at radius 2 is 1.78 bits per heavy atom. The monoisotopic (exact) mass is 527 g/mol. The van der Waals surface area contributed by atoms with Gasteiger partial charge < -0.3 is 15.0 Å². The van der Waals surface area contributed by atoms with Crippen LogP contribution in [-0.4, -0.2) is 32.3 Å². The van der Waals surface area contributed by atoms with Crippen LogP contribution in [0.15, 0.2) is 52.7 Å². The molecule has 2 unspecified atom stereocenters. The van der Waals surface area contributed by atoms with E-state index in [4.69, 9.17) is 21.3 Å². The molecule has 0 bridgehead atoms. The SMILES string of the molecule is CC.CCCCCC(C)CC.COC1=NC2CN(c3cccc4cccc(Cl)c34)CCC2=C(C(C)C)N1. The molecule has 2 atom stereocenters. The predicted octanol–water partition coefficient (Wildman–Crippen LogP) is 9.23. The topological polar surface area (TPSA) is 36.9 Å². The summed E-state index contributed by atoms with van der Waals surface area (Å²) in [6, 6.07) is 13.2. The lowest BCUT2D eigenvalue weighted by molar-refractivity contribution is 0.369. The summed E-state index contributed by atoms with van der Waals surface area (Å²) < 4.78 is 5.42. The average Bonchev–Trinajstić information content (AvgIpc) is 2.93. The predicted molar refractivity (Wildman–Crippen MR) is 164 cm³/mol. The van der Waals surface area contributed by atoms with Crippen LogP contribution in [0.5, 0.6) is 0 Å². The number of aliphatic imine (C=N–C) groups is 1. The molecule has 2 aromatic carbocycles. The van der Waals surface area contributed by atoms with E-state index >= 15 is 0 Å². The normalized spacial score (nSPS) is 17.6. The second-order valence-corrected chi connectivity index (χ2v) is 10.6. The highest BCUT2D eigenvalue weighted by Crippen LogP contribution is 2.36. The highest BCUT2D eigenvalue weighted by Gasteiger charge is 2.32. The number of unbranched alkanes of at least 4 members (excludes halogenated alkanes) is 2. The number of benzene rings is 2. The largest absolute Gasteiger partial charge is 0.468 e. The first-order valence-corrected chi connectivity index (χ1v) is 14.8. The summed E-state index contributed by atoms with van der Waals surface area (Å²) in [7, 11) is 1.67. The van der Waals surface area contributed by atoms with Crippen molar-refractivity contribution in [3.05, 3.63) is 52.7 Å². The molecule has 2 aliphatic rings. The lowest BCUT2D eigenvalue weighted by Crippen LogP contribution is -2.45. The van der Waals surface area contributed by atoms with Gasteiger partial charge in [0.2, 0.25) is 0 Å². The van der Waals surface area contributed by atoms with Gasteiger partial charge in [-0.05, 0) is 41.3 Å². The van der Waals surface area contributed by atoms with Gasteiger partial charge in [-0.25, -0.2) is 4.99 Å². The Bertz CT molecular complexity index is 1020. The molecule has 206 valence electrons. The zero-order valence-electron chi connectivity index (χ0n) is 24.5. The van der Waals surface area contributed by atoms with Gasteiger partial charge in [0, 0.05) is 29.9 Å². The molecule has 0 radical (unpaired) electrons. The van der Waals surface area contributed by atoms with Gasteiger partial charge in [-0.1, -0.05) is 116 Å². The van der Waals surface area contributed by atoms with Crippen molar-refractivity contribution in [3.63, 3.8) is 0 Å². The zero-order chi connectivity index (χ0) is 27.4. The van der Waals surface area contributed by atoms with Gasteiger partial charge >= 0.3 is 0 Å². The van der Waals surface area contributed by atoms with E-state index in [1.165, 1.54) is 54.4 Å². The molecule has 2 aliphatic heterocycles. The molecular weight excluding hydrogens is 478 g/mol. The van der Waals surface area contributed by atoms with Crippen LogP contribution in [0.1, 0.15) is 87.0 Å². The summed E-state index contributed by atoms with van der Waals surface area (Å²) in [5.41, 5.74) is 3.85. The third-order valence-corrected chi connectivity index (χ3v) is 7.56. The van der Waals surface area contributed by atoms with E-state index in [2.05, 4.69) is 69.1 Å². The van der Waals surface area contributed by atoms with Gasteiger partial charge in [-0.3, -0.25) is 0 Å². The maximum Gasteiger partial charge on any atom is 0.289 e. The fraction of sp³-hybridized carbons (Fsp3) is 0.594. The third-order valence-electron chi connectivity index (χ3n) is 7.25. The van der Waals surface area contributed by atoms with Crippen molar-refractivity contribution in [1.82, 2.24) is 5.32 Å². The van der Waals surface area contributed by atoms with Crippen molar-refractivity contribution in [2.24, 2.45) is 16.8 Å². The molecule has 0 aliphatic carbocycles. The molecule has 0 aromatic heterocycles. The Balaban J connectivity index is 0.000000374. The van der Waals surface area contributed by atoms with E-state index in [1.54, 1.807) is 7.11 Å². The number of halogens is 1. The summed E-state index contributed by atoms with van der Waals surface area (Å²) in [5, 5.41) is 6.46. The number of anilines is 1. The quantitative estimate of drug-likeness (QED) is 0.364. The van der Waals surface area contributed by atoms with Crippen LogP contribution in [0.25, 0.3) is 10.8 Å². The van der Waals surface area contributed by atoms with Crippen LogP contribution in [0, 0.1) is 11.8 Å². The first-order chi connectivity index (χ1) is 17.9. The molecule has 1 saturated heterocycles. The van der Waals surface area contributed by atoms with Crippen molar-refractivity contribution in [3.8, 4) is 0 Å². The molecule has 0 saturated carbocycles. The second kappa shape index (κ2) is 15.9. The first-order valence-electron chi connectivity index (χ1n) is 14.4. The van der Waals surface area contributed by atoms with Gasteiger partial charge in [0.05, 0.1) is 18.2 Å². The molecule has 5 heteroatoms. The zero-order valence-corrected chi connectivity index (χ0v) is 25.3. The van der Waals surface area contributed by atoms with Crippen LogP contribution in [0.3, 0.4) is 0 Å². The number of allylic oxidation sites excluding steroid dienone is 1. The summed E-state index contributed by atoms with van der Waals surface area (Å²) in [5.74, 6) is 1.38. The number of ether oxygens (including phenoxy) is 1. The van der Waals surface area contributed by atoms with E-state index in [-0.39, 0.29) is 6.04 Å². The maximum absolute atomic E-state index is 6.54. The van der Waals surface area contributed by atoms with Gasteiger partial charge in [-0.2, -0.15) is 0 Å². The lowest BCUT2D eigenvalue weighted by Gasteiger charge is -2.39. The number of fused-ring (bicyclic) bond motifs is 2. The summed E-state index contributed by atoms with van der Waals surface area (Å²) >= 11 is 6.54. The molecule has 1 N–H and O–H groups in total. The number of nitrogens with one attached hydrogen (secondary N) is 1. The van der Waals surface area contributed by atoms with E-state index in [9.17, 15) is 0 Å². The Hall–Kier alpha value is -2.20. The van der Waals surface area contributed by atoms with E-state index in [0.29, 0.717) is 11.9 Å².